The molecule has 112 valence electrons. The number of benzene rings is 1. The number of nitrogens with zero attached hydrogens (tertiary/aromatic N) is 1. The largest absolute Gasteiger partial charge is 0.479 e. The lowest BCUT2D eigenvalue weighted by Gasteiger charge is -2.16. The van der Waals surface area contributed by atoms with Crippen LogP contribution in [-0.2, 0) is 10.2 Å². The molecule has 0 aliphatic heterocycles. The molecule has 0 saturated carbocycles. The Hall–Kier alpha value is -1.95. The van der Waals surface area contributed by atoms with Gasteiger partial charge in [-0.25, -0.2) is 14.2 Å². The van der Waals surface area contributed by atoms with Crippen molar-refractivity contribution in [2.24, 2.45) is 0 Å². The standard InChI is InChI=1S/C15H17FN2O2S/c1-15(2,3)14-18-11(8-21-14)12(13(19)20)17-10-6-4-9(16)5-7-10/h4-8,12,17H,1-3H3,(H,19,20). The van der Waals surface area contributed by atoms with Crippen molar-refractivity contribution in [3.8, 4) is 0 Å². The molecular formula is C15H17FN2O2S. The number of aliphatic carboxylic acids is 1. The highest BCUT2D eigenvalue weighted by Gasteiger charge is 2.25. The molecule has 4 nitrogen and oxygen atoms in total. The van der Waals surface area contributed by atoms with Gasteiger partial charge < -0.3 is 10.4 Å². The van der Waals surface area contributed by atoms with Gasteiger partial charge in [-0.15, -0.1) is 11.3 Å². The zero-order valence-corrected chi connectivity index (χ0v) is 12.9. The summed E-state index contributed by atoms with van der Waals surface area (Å²) in [6.07, 6.45) is 0. The summed E-state index contributed by atoms with van der Waals surface area (Å²) >= 11 is 1.44. The topological polar surface area (TPSA) is 62.2 Å². The van der Waals surface area contributed by atoms with E-state index < -0.39 is 12.0 Å². The minimum absolute atomic E-state index is 0.123. The number of carboxylic acids is 1. The molecule has 0 saturated heterocycles. The summed E-state index contributed by atoms with van der Waals surface area (Å²) < 4.78 is 12.9. The molecule has 0 aliphatic rings. The highest BCUT2D eigenvalue weighted by molar-refractivity contribution is 7.09. The quantitative estimate of drug-likeness (QED) is 0.901. The van der Waals surface area contributed by atoms with Crippen molar-refractivity contribution in [2.45, 2.75) is 32.2 Å². The van der Waals surface area contributed by atoms with E-state index in [0.29, 0.717) is 11.4 Å². The van der Waals surface area contributed by atoms with Crippen LogP contribution in [0.2, 0.25) is 0 Å². The molecule has 2 rings (SSSR count). The van der Waals surface area contributed by atoms with Crippen molar-refractivity contribution >= 4 is 23.0 Å². The zero-order chi connectivity index (χ0) is 15.6. The van der Waals surface area contributed by atoms with Gasteiger partial charge in [0.05, 0.1) is 10.7 Å². The van der Waals surface area contributed by atoms with Gasteiger partial charge in [-0.05, 0) is 24.3 Å². The summed E-state index contributed by atoms with van der Waals surface area (Å²) in [4.78, 5) is 15.9. The van der Waals surface area contributed by atoms with E-state index in [0.717, 1.165) is 5.01 Å². The number of hydrogen-bond donors (Lipinski definition) is 2. The molecule has 0 radical (unpaired) electrons. The number of thiazole rings is 1. The zero-order valence-electron chi connectivity index (χ0n) is 12.1. The molecule has 1 unspecified atom stereocenters. The highest BCUT2D eigenvalue weighted by atomic mass is 32.1. The van der Waals surface area contributed by atoms with Crippen LogP contribution in [0.5, 0.6) is 0 Å². The smallest absolute Gasteiger partial charge is 0.332 e. The van der Waals surface area contributed by atoms with Crippen molar-refractivity contribution in [3.05, 3.63) is 46.2 Å². The van der Waals surface area contributed by atoms with Gasteiger partial charge in [0.2, 0.25) is 0 Å². The number of aromatic nitrogens is 1. The Kier molecular flexibility index (Phi) is 4.27. The Morgan fingerprint density at radius 1 is 1.33 bits per heavy atom. The van der Waals surface area contributed by atoms with Crippen LogP contribution in [0.3, 0.4) is 0 Å². The van der Waals surface area contributed by atoms with E-state index in [4.69, 9.17) is 0 Å². The first-order chi connectivity index (χ1) is 9.77. The Balaban J connectivity index is 2.25. The Morgan fingerprint density at radius 3 is 2.43 bits per heavy atom. The van der Waals surface area contributed by atoms with Crippen LogP contribution in [0.1, 0.15) is 37.5 Å². The maximum Gasteiger partial charge on any atom is 0.332 e. The normalized spacial score (nSPS) is 13.0. The van der Waals surface area contributed by atoms with Gasteiger partial charge in [0.25, 0.3) is 0 Å². The second-order valence-electron chi connectivity index (χ2n) is 5.75. The summed E-state index contributed by atoms with van der Waals surface area (Å²) in [7, 11) is 0. The number of rotatable bonds is 4. The van der Waals surface area contributed by atoms with E-state index >= 15 is 0 Å². The third-order valence-corrected chi connectivity index (χ3v) is 4.15. The number of anilines is 1. The number of halogens is 1. The van der Waals surface area contributed by atoms with Crippen LogP contribution in [0.4, 0.5) is 10.1 Å². The van der Waals surface area contributed by atoms with Crippen LogP contribution in [-0.4, -0.2) is 16.1 Å². The maximum absolute atomic E-state index is 12.9. The third-order valence-electron chi connectivity index (χ3n) is 2.86. The number of hydrogen-bond acceptors (Lipinski definition) is 4. The predicted molar refractivity (Wildman–Crippen MR) is 81.2 cm³/mol. The fourth-order valence-electron chi connectivity index (χ4n) is 1.74. The van der Waals surface area contributed by atoms with E-state index in [1.807, 2.05) is 20.8 Å². The van der Waals surface area contributed by atoms with E-state index in [1.54, 1.807) is 5.38 Å². The lowest BCUT2D eigenvalue weighted by molar-refractivity contribution is -0.138. The van der Waals surface area contributed by atoms with E-state index in [2.05, 4.69) is 10.3 Å². The Labute approximate surface area is 126 Å². The molecule has 1 aromatic heterocycles. The minimum atomic E-state index is -1.02. The molecule has 0 bridgehead atoms. The van der Waals surface area contributed by atoms with Crippen molar-refractivity contribution in [2.75, 3.05) is 5.32 Å². The molecule has 0 amide bonds. The minimum Gasteiger partial charge on any atom is -0.479 e. The molecule has 1 atom stereocenters. The SMILES string of the molecule is CC(C)(C)c1nc(C(Nc2ccc(F)cc2)C(=O)O)cs1. The second kappa shape index (κ2) is 5.81. The van der Waals surface area contributed by atoms with Gasteiger partial charge in [0.1, 0.15) is 5.82 Å². The number of nitrogens with one attached hydrogen (secondary N) is 1. The molecule has 1 heterocycles. The highest BCUT2D eigenvalue weighted by Crippen LogP contribution is 2.29. The van der Waals surface area contributed by atoms with Crippen LogP contribution < -0.4 is 5.32 Å². The molecule has 1 aromatic carbocycles. The van der Waals surface area contributed by atoms with Gasteiger partial charge in [-0.1, -0.05) is 20.8 Å². The first-order valence-corrected chi connectivity index (χ1v) is 7.36. The second-order valence-corrected chi connectivity index (χ2v) is 6.61. The summed E-state index contributed by atoms with van der Waals surface area (Å²) in [6.45, 7) is 6.08. The van der Waals surface area contributed by atoms with Crippen LogP contribution in [0.15, 0.2) is 29.6 Å². The van der Waals surface area contributed by atoms with Crippen molar-refractivity contribution < 1.29 is 14.3 Å². The van der Waals surface area contributed by atoms with Gasteiger partial charge in [-0.3, -0.25) is 0 Å². The molecule has 0 spiro atoms. The first kappa shape index (κ1) is 15.4. The molecule has 2 N–H and O–H groups in total. The summed E-state index contributed by atoms with van der Waals surface area (Å²) in [5.74, 6) is -1.39. The Bertz CT molecular complexity index is 632. The first-order valence-electron chi connectivity index (χ1n) is 6.48. The number of carbonyl (C=O) groups is 1. The lowest BCUT2D eigenvalue weighted by atomic mass is 9.98. The van der Waals surface area contributed by atoms with Gasteiger partial charge >= 0.3 is 5.97 Å². The fraction of sp³-hybridized carbons (Fsp3) is 0.333. The maximum atomic E-state index is 12.9. The monoisotopic (exact) mass is 308 g/mol. The number of carboxylic acid groups (broad SMARTS) is 1. The summed E-state index contributed by atoms with van der Waals surface area (Å²) in [5.41, 5.74) is 0.873. The molecule has 21 heavy (non-hydrogen) atoms. The lowest BCUT2D eigenvalue weighted by Crippen LogP contribution is -2.21. The average Bonchev–Trinajstić information content (AvgIpc) is 2.87. The molecular weight excluding hydrogens is 291 g/mol. The van der Waals surface area contributed by atoms with Gasteiger partial charge in [0.15, 0.2) is 6.04 Å². The van der Waals surface area contributed by atoms with Crippen LogP contribution in [0.25, 0.3) is 0 Å². The summed E-state index contributed by atoms with van der Waals surface area (Å²) in [5, 5.41) is 14.9. The van der Waals surface area contributed by atoms with E-state index in [1.165, 1.54) is 35.6 Å². The van der Waals surface area contributed by atoms with Crippen LogP contribution >= 0.6 is 11.3 Å². The van der Waals surface area contributed by atoms with Gasteiger partial charge in [-0.2, -0.15) is 0 Å². The van der Waals surface area contributed by atoms with Crippen molar-refractivity contribution in [3.63, 3.8) is 0 Å². The molecule has 0 fully saturated rings. The molecule has 6 heteroatoms. The van der Waals surface area contributed by atoms with Crippen molar-refractivity contribution in [1.29, 1.82) is 0 Å². The van der Waals surface area contributed by atoms with Crippen LogP contribution in [0, 0.1) is 5.82 Å². The van der Waals surface area contributed by atoms with E-state index in [-0.39, 0.29) is 11.2 Å². The average molecular weight is 308 g/mol. The summed E-state index contributed by atoms with van der Waals surface area (Å²) in [6, 6.07) is 4.61. The fourth-order valence-corrected chi connectivity index (χ4v) is 2.67. The molecule has 2 aromatic rings. The van der Waals surface area contributed by atoms with Crippen molar-refractivity contribution in [1.82, 2.24) is 4.98 Å². The molecule has 0 aliphatic carbocycles. The third kappa shape index (κ3) is 3.78. The Morgan fingerprint density at radius 2 is 1.95 bits per heavy atom. The van der Waals surface area contributed by atoms with E-state index in [9.17, 15) is 14.3 Å². The van der Waals surface area contributed by atoms with Gasteiger partial charge in [0, 0.05) is 16.5 Å². The predicted octanol–water partition coefficient (Wildman–Crippen LogP) is 3.82.